The minimum atomic E-state index is -0.836. The van der Waals surface area contributed by atoms with Gasteiger partial charge in [-0.3, -0.25) is 14.4 Å². The average molecular weight is 448 g/mol. The Morgan fingerprint density at radius 2 is 2.06 bits per heavy atom. The van der Waals surface area contributed by atoms with Crippen LogP contribution in [0.1, 0.15) is 37.2 Å². The predicted octanol–water partition coefficient (Wildman–Crippen LogP) is 0.953. The fourth-order valence-electron chi connectivity index (χ4n) is 3.36. The molecule has 2 N–H and O–H groups in total. The number of ether oxygens (including phenoxy) is 2. The largest absolute Gasteiger partial charge is 0.483 e. The molecule has 1 aromatic carbocycles. The Hall–Kier alpha value is -3.31. The standard InChI is InChI=1S/C20H26N4O5.CH2O2/c1-13(2)24-17(25)12-28-19(18(24)14-7-5-4-6-8-14)20(26)21-11-15-22-16(29-23-15)9-10-27-3;2-1-3/h4-8,13,18-19H,9-12H2,1-3H3,(H,21,26);1H,(H,2,3)/t18-,19+;/m1./s1. The van der Waals surface area contributed by atoms with E-state index < -0.39 is 12.1 Å². The van der Waals surface area contributed by atoms with Gasteiger partial charge in [-0.2, -0.15) is 4.98 Å². The molecule has 11 nitrogen and oxygen atoms in total. The third-order valence-corrected chi connectivity index (χ3v) is 4.67. The normalized spacial score (nSPS) is 18.1. The van der Waals surface area contributed by atoms with Gasteiger partial charge >= 0.3 is 0 Å². The molecular formula is C21H28N4O7. The number of carboxylic acid groups (broad SMARTS) is 1. The first-order valence-electron chi connectivity index (χ1n) is 10.1. The molecule has 0 radical (unpaired) electrons. The summed E-state index contributed by atoms with van der Waals surface area (Å²) >= 11 is 0. The molecule has 1 saturated heterocycles. The zero-order valence-corrected chi connectivity index (χ0v) is 18.3. The second-order valence-corrected chi connectivity index (χ2v) is 7.15. The molecule has 2 heterocycles. The molecule has 32 heavy (non-hydrogen) atoms. The molecule has 1 aromatic heterocycles. The maximum absolute atomic E-state index is 12.9. The number of nitrogens with zero attached hydrogens (tertiary/aromatic N) is 3. The van der Waals surface area contributed by atoms with Crippen LogP contribution in [0.15, 0.2) is 34.9 Å². The molecule has 0 aliphatic carbocycles. The number of hydrogen-bond acceptors (Lipinski definition) is 8. The highest BCUT2D eigenvalue weighted by Crippen LogP contribution is 2.32. The summed E-state index contributed by atoms with van der Waals surface area (Å²) in [5, 5.41) is 13.5. The molecule has 1 aliphatic heterocycles. The number of nitrogens with one attached hydrogen (secondary N) is 1. The third-order valence-electron chi connectivity index (χ3n) is 4.67. The van der Waals surface area contributed by atoms with Crippen LogP contribution in [0.25, 0.3) is 0 Å². The molecule has 2 aromatic rings. The number of amides is 2. The molecule has 0 saturated carbocycles. The van der Waals surface area contributed by atoms with E-state index in [4.69, 9.17) is 23.9 Å². The fourth-order valence-corrected chi connectivity index (χ4v) is 3.36. The van der Waals surface area contributed by atoms with Gasteiger partial charge in [0.25, 0.3) is 12.4 Å². The number of methoxy groups -OCH3 is 1. The summed E-state index contributed by atoms with van der Waals surface area (Å²) in [5.41, 5.74) is 0.843. The van der Waals surface area contributed by atoms with Crippen LogP contribution >= 0.6 is 0 Å². The summed E-state index contributed by atoms with van der Waals surface area (Å²) in [4.78, 5) is 39.7. The minimum absolute atomic E-state index is 0.0764. The predicted molar refractivity (Wildman–Crippen MR) is 111 cm³/mol. The van der Waals surface area contributed by atoms with Gasteiger partial charge in [-0.25, -0.2) is 0 Å². The van der Waals surface area contributed by atoms with Crippen LogP contribution in [0.3, 0.4) is 0 Å². The van der Waals surface area contributed by atoms with Crippen LogP contribution in [0.4, 0.5) is 0 Å². The van der Waals surface area contributed by atoms with Gasteiger partial charge in [0, 0.05) is 13.2 Å². The number of benzene rings is 1. The summed E-state index contributed by atoms with van der Waals surface area (Å²) in [7, 11) is 1.59. The molecule has 0 unspecified atom stereocenters. The maximum Gasteiger partial charge on any atom is 0.290 e. The molecule has 3 rings (SSSR count). The van der Waals surface area contributed by atoms with E-state index in [9.17, 15) is 9.59 Å². The number of morpholine rings is 1. The van der Waals surface area contributed by atoms with Gasteiger partial charge in [-0.15, -0.1) is 0 Å². The molecular weight excluding hydrogens is 420 g/mol. The first-order valence-corrected chi connectivity index (χ1v) is 10.1. The van der Waals surface area contributed by atoms with Crippen molar-refractivity contribution < 1.29 is 33.5 Å². The summed E-state index contributed by atoms with van der Waals surface area (Å²) < 4.78 is 15.8. The highest BCUT2D eigenvalue weighted by Gasteiger charge is 2.42. The van der Waals surface area contributed by atoms with Crippen molar-refractivity contribution in [3.05, 3.63) is 47.6 Å². The Labute approximate surface area is 185 Å². The van der Waals surface area contributed by atoms with Gasteiger partial charge in [0.05, 0.1) is 25.6 Å². The van der Waals surface area contributed by atoms with Crippen molar-refractivity contribution in [2.75, 3.05) is 20.3 Å². The average Bonchev–Trinajstić information content (AvgIpc) is 3.24. The Kier molecular flexibility index (Phi) is 9.76. The Morgan fingerprint density at radius 3 is 2.69 bits per heavy atom. The smallest absolute Gasteiger partial charge is 0.290 e. The number of aromatic nitrogens is 2. The van der Waals surface area contributed by atoms with Crippen LogP contribution < -0.4 is 5.32 Å². The van der Waals surface area contributed by atoms with E-state index in [1.54, 1.807) is 12.0 Å². The molecule has 174 valence electrons. The highest BCUT2D eigenvalue weighted by molar-refractivity contribution is 5.86. The fraction of sp³-hybridized carbons (Fsp3) is 0.476. The monoisotopic (exact) mass is 448 g/mol. The number of carbonyl (C=O) groups excluding carboxylic acids is 2. The SMILES string of the molecule is COCCc1nc(CNC(=O)[C@H]2OCC(=O)N(C(C)C)[C@@H]2c2ccccc2)no1.O=CO. The van der Waals surface area contributed by atoms with Crippen molar-refractivity contribution in [1.29, 1.82) is 0 Å². The molecule has 1 aliphatic rings. The lowest BCUT2D eigenvalue weighted by Gasteiger charge is -2.42. The molecule has 0 bridgehead atoms. The van der Waals surface area contributed by atoms with Crippen molar-refractivity contribution >= 4 is 18.3 Å². The van der Waals surface area contributed by atoms with Crippen LogP contribution in [0, 0.1) is 0 Å². The minimum Gasteiger partial charge on any atom is -0.483 e. The van der Waals surface area contributed by atoms with Gasteiger partial charge in [-0.1, -0.05) is 35.5 Å². The summed E-state index contributed by atoms with van der Waals surface area (Å²) in [6.45, 7) is 4.04. The zero-order chi connectivity index (χ0) is 23.5. The van der Waals surface area contributed by atoms with Crippen molar-refractivity contribution in [2.24, 2.45) is 0 Å². The molecule has 2 atom stereocenters. The molecule has 2 amide bonds. The van der Waals surface area contributed by atoms with E-state index in [-0.39, 0.29) is 37.5 Å². The van der Waals surface area contributed by atoms with Gasteiger partial charge < -0.3 is 29.3 Å². The first-order chi connectivity index (χ1) is 15.4. The van der Waals surface area contributed by atoms with E-state index in [1.807, 2.05) is 44.2 Å². The quantitative estimate of drug-likeness (QED) is 0.564. The summed E-state index contributed by atoms with van der Waals surface area (Å²) in [5.74, 6) is 0.344. The second-order valence-electron chi connectivity index (χ2n) is 7.15. The Balaban J connectivity index is 0.00000114. The lowest BCUT2D eigenvalue weighted by molar-refractivity contribution is -0.167. The second kappa shape index (κ2) is 12.5. The number of hydrogen-bond donors (Lipinski definition) is 2. The van der Waals surface area contributed by atoms with E-state index >= 15 is 0 Å². The molecule has 0 spiro atoms. The van der Waals surface area contributed by atoms with Crippen molar-refractivity contribution in [3.63, 3.8) is 0 Å². The Morgan fingerprint density at radius 1 is 1.38 bits per heavy atom. The lowest BCUT2D eigenvalue weighted by Crippen LogP contribution is -2.56. The van der Waals surface area contributed by atoms with E-state index in [2.05, 4.69) is 15.5 Å². The highest BCUT2D eigenvalue weighted by atomic mass is 16.5. The molecule has 1 fully saturated rings. The van der Waals surface area contributed by atoms with E-state index in [0.29, 0.717) is 24.7 Å². The van der Waals surface area contributed by atoms with Crippen LogP contribution in [0.2, 0.25) is 0 Å². The van der Waals surface area contributed by atoms with Crippen molar-refractivity contribution in [2.45, 2.75) is 45.0 Å². The number of rotatable bonds is 8. The molecule has 11 heteroatoms. The van der Waals surface area contributed by atoms with Crippen LogP contribution in [0.5, 0.6) is 0 Å². The van der Waals surface area contributed by atoms with E-state index in [0.717, 1.165) is 5.56 Å². The first kappa shape index (κ1) is 25.0. The van der Waals surface area contributed by atoms with Crippen LogP contribution in [-0.2, 0) is 36.8 Å². The van der Waals surface area contributed by atoms with Crippen molar-refractivity contribution in [3.8, 4) is 0 Å². The third kappa shape index (κ3) is 6.59. The van der Waals surface area contributed by atoms with E-state index in [1.165, 1.54) is 0 Å². The summed E-state index contributed by atoms with van der Waals surface area (Å²) in [6.07, 6.45) is -0.331. The maximum atomic E-state index is 12.9. The zero-order valence-electron chi connectivity index (χ0n) is 18.3. The van der Waals surface area contributed by atoms with Gasteiger partial charge in [0.15, 0.2) is 11.9 Å². The Bertz CT molecular complexity index is 872. The van der Waals surface area contributed by atoms with Gasteiger partial charge in [0.1, 0.15) is 6.61 Å². The number of carbonyl (C=O) groups is 3. The van der Waals surface area contributed by atoms with Crippen molar-refractivity contribution in [1.82, 2.24) is 20.4 Å². The summed E-state index contributed by atoms with van der Waals surface area (Å²) in [6, 6.07) is 8.84. The lowest BCUT2D eigenvalue weighted by atomic mass is 9.96. The topological polar surface area (TPSA) is 144 Å². The van der Waals surface area contributed by atoms with Gasteiger partial charge in [-0.05, 0) is 19.4 Å². The van der Waals surface area contributed by atoms with Crippen LogP contribution in [-0.4, -0.2) is 70.9 Å². The van der Waals surface area contributed by atoms with Gasteiger partial charge in [0.2, 0.25) is 11.8 Å².